The van der Waals surface area contributed by atoms with Crippen molar-refractivity contribution in [2.24, 2.45) is 0 Å². The van der Waals surface area contributed by atoms with Gasteiger partial charge in [-0.3, -0.25) is 4.79 Å². The number of hydrogen-bond donors (Lipinski definition) is 2. The first-order valence-corrected chi connectivity index (χ1v) is 6.32. The summed E-state index contributed by atoms with van der Waals surface area (Å²) in [5.74, 6) is 0.130. The van der Waals surface area contributed by atoms with E-state index in [-0.39, 0.29) is 11.9 Å². The van der Waals surface area contributed by atoms with Gasteiger partial charge in [-0.25, -0.2) is 0 Å². The van der Waals surface area contributed by atoms with E-state index in [0.717, 1.165) is 32.7 Å². The number of carbonyl (C=O) groups is 1. The maximum absolute atomic E-state index is 11.3. The third-order valence-electron chi connectivity index (χ3n) is 2.48. The molecular formula is C12H27N3O. The molecule has 4 nitrogen and oxygen atoms in total. The van der Waals surface area contributed by atoms with Crippen LogP contribution in [0.2, 0.25) is 0 Å². The van der Waals surface area contributed by atoms with Crippen molar-refractivity contribution in [3.05, 3.63) is 0 Å². The zero-order chi connectivity index (χ0) is 12.4. The lowest BCUT2D eigenvalue weighted by Crippen LogP contribution is -2.35. The second-order valence-corrected chi connectivity index (χ2v) is 4.25. The van der Waals surface area contributed by atoms with E-state index in [1.807, 2.05) is 13.8 Å². The highest BCUT2D eigenvalue weighted by molar-refractivity contribution is 5.76. The lowest BCUT2D eigenvalue weighted by Gasteiger charge is -2.18. The lowest BCUT2D eigenvalue weighted by atomic mass is 10.3. The Balaban J connectivity index is 3.36. The number of nitrogens with one attached hydrogen (secondary N) is 2. The average molecular weight is 229 g/mol. The second kappa shape index (κ2) is 9.60. The molecule has 4 heteroatoms. The van der Waals surface area contributed by atoms with Crippen molar-refractivity contribution in [2.75, 3.05) is 32.7 Å². The Morgan fingerprint density at radius 2 is 1.81 bits per heavy atom. The molecule has 0 aromatic heterocycles. The van der Waals surface area contributed by atoms with Crippen molar-refractivity contribution >= 4 is 5.91 Å². The van der Waals surface area contributed by atoms with E-state index in [4.69, 9.17) is 0 Å². The molecule has 0 spiro atoms. The summed E-state index contributed by atoms with van der Waals surface area (Å²) in [6.45, 7) is 13.2. The van der Waals surface area contributed by atoms with Crippen LogP contribution >= 0.6 is 0 Å². The number of nitrogens with zero attached hydrogens (tertiary/aromatic N) is 1. The Morgan fingerprint density at radius 1 is 1.19 bits per heavy atom. The monoisotopic (exact) mass is 229 g/mol. The molecule has 0 aliphatic rings. The second-order valence-electron chi connectivity index (χ2n) is 4.25. The van der Waals surface area contributed by atoms with E-state index in [1.165, 1.54) is 0 Å². The van der Waals surface area contributed by atoms with Crippen LogP contribution < -0.4 is 10.6 Å². The number of likely N-dealkylation sites (N-methyl/N-ethyl adjacent to an activating group) is 1. The highest BCUT2D eigenvalue weighted by Crippen LogP contribution is 1.85. The van der Waals surface area contributed by atoms with Crippen molar-refractivity contribution in [2.45, 2.75) is 40.2 Å². The molecule has 0 saturated heterocycles. The van der Waals surface area contributed by atoms with Crippen molar-refractivity contribution in [1.29, 1.82) is 0 Å². The molecule has 0 unspecified atom stereocenters. The van der Waals surface area contributed by atoms with E-state index in [2.05, 4.69) is 29.4 Å². The summed E-state index contributed by atoms with van der Waals surface area (Å²) in [7, 11) is 0. The maximum atomic E-state index is 11.3. The van der Waals surface area contributed by atoms with Crippen molar-refractivity contribution in [1.82, 2.24) is 15.5 Å². The molecule has 1 amide bonds. The Hall–Kier alpha value is -0.610. The van der Waals surface area contributed by atoms with Gasteiger partial charge < -0.3 is 15.5 Å². The molecule has 16 heavy (non-hydrogen) atoms. The van der Waals surface area contributed by atoms with E-state index >= 15 is 0 Å². The van der Waals surface area contributed by atoms with Gasteiger partial charge in [-0.15, -0.1) is 0 Å². The Morgan fingerprint density at radius 3 is 2.31 bits per heavy atom. The maximum Gasteiger partial charge on any atom is 0.221 e. The molecule has 0 fully saturated rings. The first-order chi connectivity index (χ1) is 7.60. The SMILES string of the molecule is CCN(CC)CCNCCC(=O)NC(C)C. The predicted octanol–water partition coefficient (Wildman–Crippen LogP) is 0.833. The minimum absolute atomic E-state index is 0.130. The van der Waals surface area contributed by atoms with Crippen LogP contribution in [-0.4, -0.2) is 49.6 Å². The zero-order valence-electron chi connectivity index (χ0n) is 11.2. The molecule has 0 aromatic carbocycles. The van der Waals surface area contributed by atoms with E-state index in [1.54, 1.807) is 0 Å². The summed E-state index contributed by atoms with van der Waals surface area (Å²) in [6.07, 6.45) is 0.566. The summed E-state index contributed by atoms with van der Waals surface area (Å²) < 4.78 is 0. The summed E-state index contributed by atoms with van der Waals surface area (Å²) in [5.41, 5.74) is 0. The molecule has 0 bridgehead atoms. The smallest absolute Gasteiger partial charge is 0.221 e. The standard InChI is InChI=1S/C12H27N3O/c1-5-15(6-2)10-9-13-8-7-12(16)14-11(3)4/h11,13H,5-10H2,1-4H3,(H,14,16). The van der Waals surface area contributed by atoms with Crippen LogP contribution in [0.4, 0.5) is 0 Å². The van der Waals surface area contributed by atoms with Crippen molar-refractivity contribution in [3.63, 3.8) is 0 Å². The third kappa shape index (κ3) is 8.68. The molecular weight excluding hydrogens is 202 g/mol. The molecule has 0 aliphatic carbocycles. The van der Waals surface area contributed by atoms with Crippen LogP contribution in [0, 0.1) is 0 Å². The summed E-state index contributed by atoms with van der Waals surface area (Å²) in [6, 6.07) is 0.239. The Labute approximate surface area is 99.8 Å². The topological polar surface area (TPSA) is 44.4 Å². The largest absolute Gasteiger partial charge is 0.354 e. The molecule has 0 atom stereocenters. The number of rotatable bonds is 9. The van der Waals surface area contributed by atoms with Crippen molar-refractivity contribution < 1.29 is 4.79 Å². The van der Waals surface area contributed by atoms with Gasteiger partial charge in [0.1, 0.15) is 0 Å². The van der Waals surface area contributed by atoms with Crippen LogP contribution in [0.1, 0.15) is 34.1 Å². The molecule has 0 aromatic rings. The fourth-order valence-corrected chi connectivity index (χ4v) is 1.50. The van der Waals surface area contributed by atoms with Gasteiger partial charge in [0.25, 0.3) is 0 Å². The molecule has 0 radical (unpaired) electrons. The number of amides is 1. The van der Waals surface area contributed by atoms with Gasteiger partial charge in [0, 0.05) is 32.1 Å². The van der Waals surface area contributed by atoms with Gasteiger partial charge in [0.05, 0.1) is 0 Å². The first kappa shape index (κ1) is 15.4. The summed E-state index contributed by atoms with van der Waals surface area (Å²) in [5, 5.41) is 6.16. The Kier molecular flexibility index (Phi) is 9.24. The Bertz CT molecular complexity index is 179. The summed E-state index contributed by atoms with van der Waals surface area (Å²) in [4.78, 5) is 13.7. The van der Waals surface area contributed by atoms with Gasteiger partial charge in [0.2, 0.25) is 5.91 Å². The summed E-state index contributed by atoms with van der Waals surface area (Å²) >= 11 is 0. The van der Waals surface area contributed by atoms with Crippen LogP contribution in [0.5, 0.6) is 0 Å². The van der Waals surface area contributed by atoms with Crippen LogP contribution in [0.15, 0.2) is 0 Å². The molecule has 0 rings (SSSR count). The minimum Gasteiger partial charge on any atom is -0.354 e. The average Bonchev–Trinajstić information content (AvgIpc) is 2.22. The zero-order valence-corrected chi connectivity index (χ0v) is 11.2. The third-order valence-corrected chi connectivity index (χ3v) is 2.48. The van der Waals surface area contributed by atoms with Gasteiger partial charge in [-0.05, 0) is 26.9 Å². The first-order valence-electron chi connectivity index (χ1n) is 6.32. The highest BCUT2D eigenvalue weighted by Gasteiger charge is 2.02. The van der Waals surface area contributed by atoms with Gasteiger partial charge >= 0.3 is 0 Å². The van der Waals surface area contributed by atoms with E-state index < -0.39 is 0 Å². The van der Waals surface area contributed by atoms with Crippen LogP contribution in [0.3, 0.4) is 0 Å². The molecule has 0 saturated carbocycles. The van der Waals surface area contributed by atoms with E-state index in [0.29, 0.717) is 6.42 Å². The molecule has 0 aliphatic heterocycles. The van der Waals surface area contributed by atoms with Crippen LogP contribution in [-0.2, 0) is 4.79 Å². The quantitative estimate of drug-likeness (QED) is 0.576. The molecule has 0 heterocycles. The number of carbonyl (C=O) groups excluding carboxylic acids is 1. The fraction of sp³-hybridized carbons (Fsp3) is 0.917. The fourth-order valence-electron chi connectivity index (χ4n) is 1.50. The highest BCUT2D eigenvalue weighted by atomic mass is 16.1. The van der Waals surface area contributed by atoms with Gasteiger partial charge in [0.15, 0.2) is 0 Å². The van der Waals surface area contributed by atoms with E-state index in [9.17, 15) is 4.79 Å². The van der Waals surface area contributed by atoms with Gasteiger partial charge in [-0.2, -0.15) is 0 Å². The lowest BCUT2D eigenvalue weighted by molar-refractivity contribution is -0.121. The normalized spacial score (nSPS) is 11.1. The van der Waals surface area contributed by atoms with Crippen molar-refractivity contribution in [3.8, 4) is 0 Å². The van der Waals surface area contributed by atoms with Gasteiger partial charge in [-0.1, -0.05) is 13.8 Å². The molecule has 2 N–H and O–H groups in total. The predicted molar refractivity (Wildman–Crippen MR) is 68.6 cm³/mol. The molecule has 96 valence electrons. The minimum atomic E-state index is 0.130. The number of hydrogen-bond acceptors (Lipinski definition) is 3. The van der Waals surface area contributed by atoms with Crippen LogP contribution in [0.25, 0.3) is 0 Å².